The second-order valence-electron chi connectivity index (χ2n) is 3.29. The number of carbonyl (C=O) groups excluding carboxylic acids is 1. The van der Waals surface area contributed by atoms with E-state index in [0.29, 0.717) is 5.56 Å². The number of Topliss-reactive ketones (excluding diaryl/α,β-unsaturated/α-hetero) is 1. The van der Waals surface area contributed by atoms with Gasteiger partial charge in [0.1, 0.15) is 0 Å². The van der Waals surface area contributed by atoms with Crippen molar-refractivity contribution in [2.75, 3.05) is 6.54 Å². The van der Waals surface area contributed by atoms with E-state index in [1.54, 1.807) is 6.07 Å². The Labute approximate surface area is 78.0 Å². The number of rotatable bonds is 2. The number of hydrogen-bond donors (Lipinski definition) is 1. The van der Waals surface area contributed by atoms with Crippen LogP contribution in [0.15, 0.2) is 24.3 Å². The van der Waals surface area contributed by atoms with Crippen molar-refractivity contribution in [2.24, 2.45) is 0 Å². The van der Waals surface area contributed by atoms with Crippen LogP contribution >= 0.6 is 0 Å². The van der Waals surface area contributed by atoms with Gasteiger partial charge in [0, 0.05) is 5.56 Å². The Balaban J connectivity index is 2.13. The van der Waals surface area contributed by atoms with Gasteiger partial charge in [-0.2, -0.15) is 0 Å². The van der Waals surface area contributed by atoms with Crippen LogP contribution in [0.3, 0.4) is 0 Å². The van der Waals surface area contributed by atoms with Crippen molar-refractivity contribution in [1.29, 1.82) is 0 Å². The van der Waals surface area contributed by atoms with E-state index in [1.807, 2.05) is 18.2 Å². The standard InChI is InChI=1S/C11H12NO/c13-11(10-7-4-8-12-10)9-5-2-1-3-6-9/h1-3,5,10,12H,4,7-8H2. The molecule has 13 heavy (non-hydrogen) atoms. The van der Waals surface area contributed by atoms with Crippen molar-refractivity contribution in [3.05, 3.63) is 35.9 Å². The van der Waals surface area contributed by atoms with Crippen molar-refractivity contribution >= 4 is 5.78 Å². The Kier molecular flexibility index (Phi) is 2.41. The zero-order valence-corrected chi connectivity index (χ0v) is 7.42. The van der Waals surface area contributed by atoms with Crippen LogP contribution in [0, 0.1) is 6.07 Å². The molecule has 1 aliphatic rings. The van der Waals surface area contributed by atoms with E-state index in [4.69, 9.17) is 0 Å². The molecule has 2 rings (SSSR count). The summed E-state index contributed by atoms with van der Waals surface area (Å²) >= 11 is 0. The molecule has 0 aromatic heterocycles. The van der Waals surface area contributed by atoms with Gasteiger partial charge in [-0.25, -0.2) is 0 Å². The molecule has 2 nitrogen and oxygen atoms in total. The smallest absolute Gasteiger partial charge is 0.180 e. The topological polar surface area (TPSA) is 29.1 Å². The third-order valence-electron chi connectivity index (χ3n) is 2.35. The maximum Gasteiger partial charge on any atom is 0.180 e. The van der Waals surface area contributed by atoms with Crippen molar-refractivity contribution in [3.8, 4) is 0 Å². The zero-order valence-electron chi connectivity index (χ0n) is 7.42. The summed E-state index contributed by atoms with van der Waals surface area (Å²) < 4.78 is 0. The summed E-state index contributed by atoms with van der Waals surface area (Å²) in [5.41, 5.74) is 0.696. The second kappa shape index (κ2) is 3.71. The normalized spacial score (nSPS) is 21.7. The van der Waals surface area contributed by atoms with E-state index in [1.165, 1.54) is 0 Å². The maximum atomic E-state index is 11.8. The highest BCUT2D eigenvalue weighted by molar-refractivity contribution is 5.99. The largest absolute Gasteiger partial charge is 0.307 e. The first kappa shape index (κ1) is 8.45. The van der Waals surface area contributed by atoms with Gasteiger partial charge in [0.15, 0.2) is 5.78 Å². The quantitative estimate of drug-likeness (QED) is 0.687. The van der Waals surface area contributed by atoms with Crippen molar-refractivity contribution in [1.82, 2.24) is 5.32 Å². The Hall–Kier alpha value is -1.15. The lowest BCUT2D eigenvalue weighted by molar-refractivity contribution is 0.0952. The molecule has 1 fully saturated rings. The Morgan fingerprint density at radius 1 is 1.54 bits per heavy atom. The molecular formula is C11H12NO. The van der Waals surface area contributed by atoms with E-state index in [0.717, 1.165) is 19.4 Å². The summed E-state index contributed by atoms with van der Waals surface area (Å²) in [6, 6.07) is 10.3. The molecule has 1 atom stereocenters. The van der Waals surface area contributed by atoms with Gasteiger partial charge in [-0.3, -0.25) is 4.79 Å². The van der Waals surface area contributed by atoms with Gasteiger partial charge >= 0.3 is 0 Å². The van der Waals surface area contributed by atoms with Crippen LogP contribution < -0.4 is 5.32 Å². The molecule has 0 bridgehead atoms. The first-order valence-electron chi connectivity index (χ1n) is 4.62. The van der Waals surface area contributed by atoms with Gasteiger partial charge in [0.05, 0.1) is 6.04 Å². The number of hydrogen-bond acceptors (Lipinski definition) is 2. The summed E-state index contributed by atoms with van der Waals surface area (Å²) in [6.45, 7) is 0.962. The molecule has 0 saturated carbocycles. The number of carbonyl (C=O) groups is 1. The lowest BCUT2D eigenvalue weighted by atomic mass is 10.0. The van der Waals surface area contributed by atoms with Crippen molar-refractivity contribution < 1.29 is 4.79 Å². The first-order valence-corrected chi connectivity index (χ1v) is 4.62. The monoisotopic (exact) mass is 174 g/mol. The van der Waals surface area contributed by atoms with E-state index >= 15 is 0 Å². The number of benzene rings is 1. The van der Waals surface area contributed by atoms with Gasteiger partial charge in [-0.1, -0.05) is 24.3 Å². The molecule has 1 radical (unpaired) electrons. The van der Waals surface area contributed by atoms with Crippen LogP contribution in [0.4, 0.5) is 0 Å². The van der Waals surface area contributed by atoms with E-state index < -0.39 is 0 Å². The Bertz CT molecular complexity index is 288. The van der Waals surface area contributed by atoms with E-state index in [-0.39, 0.29) is 11.8 Å². The SMILES string of the molecule is O=C(c1[c]cccc1)C1CCCN1. The van der Waals surface area contributed by atoms with Crippen molar-refractivity contribution in [3.63, 3.8) is 0 Å². The second-order valence-corrected chi connectivity index (χ2v) is 3.29. The molecule has 67 valence electrons. The fraction of sp³-hybridized carbons (Fsp3) is 0.364. The molecule has 1 N–H and O–H groups in total. The maximum absolute atomic E-state index is 11.8. The molecule has 1 saturated heterocycles. The Morgan fingerprint density at radius 2 is 2.46 bits per heavy atom. The van der Waals surface area contributed by atoms with Gasteiger partial charge in [0.25, 0.3) is 0 Å². The van der Waals surface area contributed by atoms with E-state index in [2.05, 4.69) is 11.4 Å². The molecule has 2 heteroatoms. The fourth-order valence-electron chi connectivity index (χ4n) is 1.64. The minimum Gasteiger partial charge on any atom is -0.307 e. The van der Waals surface area contributed by atoms with Crippen LogP contribution in [0.1, 0.15) is 23.2 Å². The predicted molar refractivity (Wildman–Crippen MR) is 50.6 cm³/mol. The Morgan fingerprint density at radius 3 is 3.08 bits per heavy atom. The summed E-state index contributed by atoms with van der Waals surface area (Å²) in [5, 5.41) is 3.19. The molecule has 0 spiro atoms. The van der Waals surface area contributed by atoms with Crippen molar-refractivity contribution in [2.45, 2.75) is 18.9 Å². The van der Waals surface area contributed by atoms with Gasteiger partial charge in [-0.15, -0.1) is 0 Å². The van der Waals surface area contributed by atoms with Crippen LogP contribution in [0.25, 0.3) is 0 Å². The number of ketones is 1. The summed E-state index contributed by atoms with van der Waals surface area (Å²) in [4.78, 5) is 11.8. The highest BCUT2D eigenvalue weighted by atomic mass is 16.1. The molecule has 0 amide bonds. The van der Waals surface area contributed by atoms with Crippen LogP contribution in [0.2, 0.25) is 0 Å². The third kappa shape index (κ3) is 1.78. The highest BCUT2D eigenvalue weighted by Crippen LogP contribution is 2.11. The average molecular weight is 174 g/mol. The summed E-state index contributed by atoms with van der Waals surface area (Å²) in [5.74, 6) is 0.179. The predicted octanol–water partition coefficient (Wildman–Crippen LogP) is 1.42. The molecular weight excluding hydrogens is 162 g/mol. The van der Waals surface area contributed by atoms with Gasteiger partial charge in [-0.05, 0) is 25.5 Å². The minimum absolute atomic E-state index is 0.0265. The fourth-order valence-corrected chi connectivity index (χ4v) is 1.64. The minimum atomic E-state index is 0.0265. The third-order valence-corrected chi connectivity index (χ3v) is 2.35. The molecule has 1 aromatic rings. The first-order chi connectivity index (χ1) is 6.38. The van der Waals surface area contributed by atoms with Gasteiger partial charge in [0.2, 0.25) is 0 Å². The average Bonchev–Trinajstić information content (AvgIpc) is 2.71. The van der Waals surface area contributed by atoms with Gasteiger partial charge < -0.3 is 5.32 Å². The van der Waals surface area contributed by atoms with Crippen LogP contribution in [-0.2, 0) is 0 Å². The summed E-state index contributed by atoms with van der Waals surface area (Å²) in [6.07, 6.45) is 2.06. The molecule has 1 unspecified atom stereocenters. The molecule has 1 heterocycles. The molecule has 1 aromatic carbocycles. The van der Waals surface area contributed by atoms with Crippen LogP contribution in [-0.4, -0.2) is 18.4 Å². The molecule has 1 aliphatic heterocycles. The lowest BCUT2D eigenvalue weighted by Crippen LogP contribution is -2.30. The molecule has 0 aliphatic carbocycles. The van der Waals surface area contributed by atoms with Crippen LogP contribution in [0.5, 0.6) is 0 Å². The highest BCUT2D eigenvalue weighted by Gasteiger charge is 2.22. The lowest BCUT2D eigenvalue weighted by Gasteiger charge is -2.07. The van der Waals surface area contributed by atoms with E-state index in [9.17, 15) is 4.79 Å². The summed E-state index contributed by atoms with van der Waals surface area (Å²) in [7, 11) is 0. The number of nitrogens with one attached hydrogen (secondary N) is 1. The zero-order chi connectivity index (χ0) is 9.10.